The van der Waals surface area contributed by atoms with E-state index in [4.69, 9.17) is 4.42 Å². The van der Waals surface area contributed by atoms with Gasteiger partial charge in [0.2, 0.25) is 10.0 Å². The zero-order valence-corrected chi connectivity index (χ0v) is 16.2. The van der Waals surface area contributed by atoms with Crippen molar-refractivity contribution in [2.75, 3.05) is 12.4 Å². The van der Waals surface area contributed by atoms with Gasteiger partial charge in [0.15, 0.2) is 0 Å². The number of fused-ring (bicyclic) bond motifs is 2. The molecule has 0 spiro atoms. The Kier molecular flexibility index (Phi) is 4.44. The van der Waals surface area contributed by atoms with Crippen molar-refractivity contribution in [3.63, 3.8) is 0 Å². The molecule has 27 heavy (non-hydrogen) atoms. The van der Waals surface area contributed by atoms with Gasteiger partial charge in [0.05, 0.1) is 10.5 Å². The van der Waals surface area contributed by atoms with Crippen molar-refractivity contribution in [2.24, 2.45) is 0 Å². The minimum atomic E-state index is -3.59. The molecule has 1 amide bonds. The first-order valence-electron chi connectivity index (χ1n) is 9.19. The number of sulfonamides is 1. The molecule has 1 aromatic heterocycles. The summed E-state index contributed by atoms with van der Waals surface area (Å²) in [6.45, 7) is 2.09. The molecule has 2 heterocycles. The molecule has 7 heteroatoms. The van der Waals surface area contributed by atoms with Crippen LogP contribution in [0.25, 0.3) is 11.6 Å². The third-order valence-electron chi connectivity index (χ3n) is 5.29. The second-order valence-corrected chi connectivity index (χ2v) is 8.72. The van der Waals surface area contributed by atoms with Crippen LogP contribution in [0.5, 0.6) is 0 Å². The van der Waals surface area contributed by atoms with Crippen LogP contribution in [-0.2, 0) is 34.1 Å². The maximum atomic E-state index is 12.5. The van der Waals surface area contributed by atoms with Crippen LogP contribution < -0.4 is 10.0 Å². The van der Waals surface area contributed by atoms with Crippen LogP contribution in [0.15, 0.2) is 27.5 Å². The van der Waals surface area contributed by atoms with Gasteiger partial charge in [0, 0.05) is 23.2 Å². The first-order valence-corrected chi connectivity index (χ1v) is 10.7. The van der Waals surface area contributed by atoms with E-state index < -0.39 is 10.0 Å². The van der Waals surface area contributed by atoms with E-state index in [2.05, 4.69) is 17.0 Å². The van der Waals surface area contributed by atoms with Gasteiger partial charge in [-0.25, -0.2) is 13.1 Å². The summed E-state index contributed by atoms with van der Waals surface area (Å²) in [6, 6.07) is 4.63. The highest BCUT2D eigenvalue weighted by Gasteiger charge is 2.28. The fourth-order valence-corrected chi connectivity index (χ4v) is 4.64. The number of nitrogens with one attached hydrogen (secondary N) is 2. The van der Waals surface area contributed by atoms with Crippen LogP contribution in [0.1, 0.15) is 48.0 Å². The molecule has 2 N–H and O–H groups in total. The standard InChI is InChI=1S/C20H22N2O4S/c1-3-13-14-6-4-5-7-18(14)26-19(13)11-16-15-10-12(27(24,25)21-2)8-9-17(15)22-20(16)23/h8-11,21H,3-7H2,1-2H3,(H,22,23). The van der Waals surface area contributed by atoms with Gasteiger partial charge >= 0.3 is 0 Å². The summed E-state index contributed by atoms with van der Waals surface area (Å²) in [5.74, 6) is 1.49. The predicted molar refractivity (Wildman–Crippen MR) is 104 cm³/mol. The van der Waals surface area contributed by atoms with E-state index in [0.717, 1.165) is 43.4 Å². The molecule has 0 radical (unpaired) electrons. The van der Waals surface area contributed by atoms with E-state index in [0.29, 0.717) is 22.6 Å². The fraction of sp³-hybridized carbons (Fsp3) is 0.350. The normalized spacial score (nSPS) is 17.7. The van der Waals surface area contributed by atoms with Gasteiger partial charge in [-0.2, -0.15) is 0 Å². The fourth-order valence-electron chi connectivity index (χ4n) is 3.88. The summed E-state index contributed by atoms with van der Waals surface area (Å²) in [7, 11) is -2.22. The van der Waals surface area contributed by atoms with Gasteiger partial charge in [-0.3, -0.25) is 4.79 Å². The monoisotopic (exact) mass is 386 g/mol. The molecule has 0 saturated carbocycles. The van der Waals surface area contributed by atoms with Gasteiger partial charge in [0.25, 0.3) is 5.91 Å². The molecular weight excluding hydrogens is 364 g/mol. The SMILES string of the molecule is CCc1c(C=C2C(=O)Nc3ccc(S(=O)(=O)NC)cc32)oc2c1CCCC2. The number of hydrogen-bond acceptors (Lipinski definition) is 4. The molecule has 0 unspecified atom stereocenters. The van der Waals surface area contributed by atoms with Crippen LogP contribution in [0.4, 0.5) is 5.69 Å². The van der Waals surface area contributed by atoms with Crippen molar-refractivity contribution in [3.8, 4) is 0 Å². The molecule has 0 fully saturated rings. The lowest BCUT2D eigenvalue weighted by molar-refractivity contribution is -0.110. The summed E-state index contributed by atoms with van der Waals surface area (Å²) in [6.07, 6.45) is 6.81. The summed E-state index contributed by atoms with van der Waals surface area (Å²) in [5.41, 5.74) is 4.04. The molecule has 1 aromatic carbocycles. The Balaban J connectivity index is 1.84. The molecule has 0 atom stereocenters. The maximum Gasteiger partial charge on any atom is 0.256 e. The first-order chi connectivity index (χ1) is 12.9. The van der Waals surface area contributed by atoms with E-state index in [9.17, 15) is 13.2 Å². The first kappa shape index (κ1) is 18.0. The molecule has 1 aliphatic carbocycles. The van der Waals surface area contributed by atoms with Crippen molar-refractivity contribution in [2.45, 2.75) is 43.9 Å². The molecule has 2 aromatic rings. The number of rotatable bonds is 4. The molecule has 142 valence electrons. The number of amides is 1. The summed E-state index contributed by atoms with van der Waals surface area (Å²) >= 11 is 0. The lowest BCUT2D eigenvalue weighted by atomic mass is 9.93. The minimum Gasteiger partial charge on any atom is -0.461 e. The summed E-state index contributed by atoms with van der Waals surface area (Å²) in [4.78, 5) is 12.6. The number of anilines is 1. The van der Waals surface area contributed by atoms with Gasteiger partial charge in [0.1, 0.15) is 11.5 Å². The Hall–Kier alpha value is -2.38. The average Bonchev–Trinajstić information content (AvgIpc) is 3.18. The topological polar surface area (TPSA) is 88.4 Å². The Bertz CT molecular complexity index is 1060. The second kappa shape index (κ2) is 6.65. The second-order valence-electron chi connectivity index (χ2n) is 6.83. The van der Waals surface area contributed by atoms with E-state index in [-0.39, 0.29) is 10.8 Å². The number of furan rings is 1. The van der Waals surface area contributed by atoms with Gasteiger partial charge in [-0.05, 0) is 62.6 Å². The molecule has 0 saturated heterocycles. The molecular formula is C20H22N2O4S. The maximum absolute atomic E-state index is 12.5. The third kappa shape index (κ3) is 3.00. The van der Waals surface area contributed by atoms with Crippen LogP contribution >= 0.6 is 0 Å². The van der Waals surface area contributed by atoms with Crippen molar-refractivity contribution >= 4 is 33.3 Å². The number of aryl methyl sites for hydroxylation is 1. The summed E-state index contributed by atoms with van der Waals surface area (Å²) < 4.78 is 32.6. The Morgan fingerprint density at radius 3 is 2.78 bits per heavy atom. The predicted octanol–water partition coefficient (Wildman–Crippen LogP) is 3.12. The quantitative estimate of drug-likeness (QED) is 0.790. The highest BCUT2D eigenvalue weighted by molar-refractivity contribution is 7.89. The Labute approximate surface area is 158 Å². The van der Waals surface area contributed by atoms with Crippen molar-refractivity contribution < 1.29 is 17.6 Å². The van der Waals surface area contributed by atoms with Crippen molar-refractivity contribution in [1.29, 1.82) is 0 Å². The zero-order valence-electron chi connectivity index (χ0n) is 15.4. The molecule has 1 aliphatic heterocycles. The van der Waals surface area contributed by atoms with Crippen LogP contribution in [-0.4, -0.2) is 21.4 Å². The summed E-state index contributed by atoms with van der Waals surface area (Å²) in [5, 5.41) is 2.80. The highest BCUT2D eigenvalue weighted by atomic mass is 32.2. The number of benzene rings is 1. The van der Waals surface area contributed by atoms with Gasteiger partial charge in [-0.1, -0.05) is 6.92 Å². The van der Waals surface area contributed by atoms with E-state index in [1.54, 1.807) is 12.1 Å². The number of carbonyl (C=O) groups excluding carboxylic acids is 1. The number of hydrogen-bond donors (Lipinski definition) is 2. The van der Waals surface area contributed by atoms with Crippen molar-refractivity contribution in [3.05, 3.63) is 46.4 Å². The molecule has 4 rings (SSSR count). The van der Waals surface area contributed by atoms with E-state index >= 15 is 0 Å². The molecule has 2 aliphatic rings. The van der Waals surface area contributed by atoms with Crippen LogP contribution in [0, 0.1) is 0 Å². The Morgan fingerprint density at radius 2 is 2.04 bits per heavy atom. The van der Waals surface area contributed by atoms with Gasteiger partial charge in [-0.15, -0.1) is 0 Å². The smallest absolute Gasteiger partial charge is 0.256 e. The van der Waals surface area contributed by atoms with E-state index in [1.165, 1.54) is 24.7 Å². The minimum absolute atomic E-state index is 0.126. The zero-order chi connectivity index (χ0) is 19.2. The van der Waals surface area contributed by atoms with E-state index in [1.807, 2.05) is 0 Å². The van der Waals surface area contributed by atoms with Crippen LogP contribution in [0.3, 0.4) is 0 Å². The lowest BCUT2D eigenvalue weighted by Gasteiger charge is -2.09. The lowest BCUT2D eigenvalue weighted by Crippen LogP contribution is -2.18. The Morgan fingerprint density at radius 1 is 1.26 bits per heavy atom. The van der Waals surface area contributed by atoms with Crippen LogP contribution in [0.2, 0.25) is 0 Å². The number of carbonyl (C=O) groups is 1. The largest absolute Gasteiger partial charge is 0.461 e. The highest BCUT2D eigenvalue weighted by Crippen LogP contribution is 2.37. The average molecular weight is 386 g/mol. The molecule has 0 bridgehead atoms. The third-order valence-corrected chi connectivity index (χ3v) is 6.71. The molecule has 6 nitrogen and oxygen atoms in total. The van der Waals surface area contributed by atoms with Crippen molar-refractivity contribution in [1.82, 2.24) is 4.72 Å². The van der Waals surface area contributed by atoms with Gasteiger partial charge < -0.3 is 9.73 Å².